The van der Waals surface area contributed by atoms with Gasteiger partial charge >= 0.3 is 6.18 Å². The summed E-state index contributed by atoms with van der Waals surface area (Å²) in [4.78, 5) is 1.61. The summed E-state index contributed by atoms with van der Waals surface area (Å²) in [6.45, 7) is 1.10. The van der Waals surface area contributed by atoms with Crippen LogP contribution in [0.5, 0.6) is 0 Å². The highest BCUT2D eigenvalue weighted by Gasteiger charge is 2.34. The summed E-state index contributed by atoms with van der Waals surface area (Å²) in [6, 6.07) is 3.76. The van der Waals surface area contributed by atoms with Gasteiger partial charge in [0.2, 0.25) is 0 Å². The first-order valence-corrected chi connectivity index (χ1v) is 7.79. The van der Waals surface area contributed by atoms with Crippen LogP contribution in [0.3, 0.4) is 0 Å². The number of halogens is 3. The van der Waals surface area contributed by atoms with Crippen LogP contribution < -0.4 is 10.6 Å². The van der Waals surface area contributed by atoms with Crippen molar-refractivity contribution in [3.8, 4) is 0 Å². The lowest BCUT2D eigenvalue weighted by Gasteiger charge is -2.29. The third kappa shape index (κ3) is 3.29. The second-order valence-corrected chi connectivity index (χ2v) is 6.56. The van der Waals surface area contributed by atoms with Crippen molar-refractivity contribution in [1.29, 1.82) is 0 Å². The Hall–Kier alpha value is -1.15. The van der Waals surface area contributed by atoms with Crippen LogP contribution in [0.1, 0.15) is 11.1 Å². The molecule has 1 heterocycles. The molecule has 110 valence electrons. The number of hydrogen-bond acceptors (Lipinski definition) is 3. The van der Waals surface area contributed by atoms with Crippen LogP contribution in [0.2, 0.25) is 0 Å². The fourth-order valence-corrected chi connectivity index (χ4v) is 3.30. The van der Waals surface area contributed by atoms with Gasteiger partial charge in [-0.2, -0.15) is 13.2 Å². The first-order chi connectivity index (χ1) is 9.29. The molecule has 1 aromatic rings. The van der Waals surface area contributed by atoms with Gasteiger partial charge in [0.05, 0.1) is 5.56 Å². The summed E-state index contributed by atoms with van der Waals surface area (Å²) >= 11 is 4.71. The molecule has 2 N–H and O–H groups in total. The Labute approximate surface area is 122 Å². The van der Waals surface area contributed by atoms with Gasteiger partial charge in [0.15, 0.2) is 0 Å². The smallest absolute Gasteiger partial charge is 0.389 e. The lowest BCUT2D eigenvalue weighted by Crippen LogP contribution is -2.37. The van der Waals surface area contributed by atoms with Gasteiger partial charge < -0.3 is 10.6 Å². The van der Waals surface area contributed by atoms with E-state index in [0.717, 1.165) is 6.07 Å². The topological polar surface area (TPSA) is 46.3 Å². The predicted molar refractivity (Wildman–Crippen MR) is 77.4 cm³/mol. The van der Waals surface area contributed by atoms with Gasteiger partial charge in [-0.25, -0.2) is 0 Å². The zero-order valence-corrected chi connectivity index (χ0v) is 12.1. The molecule has 0 unspecified atom stereocenters. The minimum absolute atomic E-state index is 0.170. The summed E-state index contributed by atoms with van der Waals surface area (Å²) in [5.41, 5.74) is 5.02. The maximum atomic E-state index is 12.9. The van der Waals surface area contributed by atoms with Crippen molar-refractivity contribution in [2.24, 2.45) is 5.73 Å². The molecule has 0 bridgehead atoms. The highest BCUT2D eigenvalue weighted by Crippen LogP contribution is 2.34. The molecule has 20 heavy (non-hydrogen) atoms. The Bertz CT molecular complexity index is 550. The first kappa shape index (κ1) is 15.2. The van der Waals surface area contributed by atoms with E-state index in [4.69, 9.17) is 18.0 Å². The van der Waals surface area contributed by atoms with E-state index >= 15 is 0 Å². The lowest BCUT2D eigenvalue weighted by atomic mass is 10.1. The van der Waals surface area contributed by atoms with Crippen molar-refractivity contribution < 1.29 is 17.4 Å². The van der Waals surface area contributed by atoms with Gasteiger partial charge in [-0.1, -0.05) is 12.2 Å². The van der Waals surface area contributed by atoms with Crippen LogP contribution in [0.25, 0.3) is 0 Å². The van der Waals surface area contributed by atoms with Crippen LogP contribution in [0.15, 0.2) is 18.2 Å². The Morgan fingerprint density at radius 1 is 1.30 bits per heavy atom. The normalized spacial score (nSPS) is 17.2. The van der Waals surface area contributed by atoms with E-state index < -0.39 is 22.5 Å². The molecule has 0 saturated carbocycles. The first-order valence-electron chi connectivity index (χ1n) is 5.90. The summed E-state index contributed by atoms with van der Waals surface area (Å²) < 4.78 is 49.9. The van der Waals surface area contributed by atoms with E-state index in [0.29, 0.717) is 30.3 Å². The number of thiocarbonyl (C=S) groups is 1. The van der Waals surface area contributed by atoms with E-state index in [-0.39, 0.29) is 10.6 Å². The van der Waals surface area contributed by atoms with Gasteiger partial charge in [-0.15, -0.1) is 0 Å². The van der Waals surface area contributed by atoms with Gasteiger partial charge in [0.1, 0.15) is 4.99 Å². The number of benzene rings is 1. The van der Waals surface area contributed by atoms with Crippen LogP contribution in [-0.4, -0.2) is 33.8 Å². The molecule has 8 heteroatoms. The molecule has 0 amide bonds. The molecule has 1 aliphatic rings. The zero-order chi connectivity index (χ0) is 14.9. The van der Waals surface area contributed by atoms with Crippen LogP contribution in [-0.2, 0) is 17.0 Å². The molecule has 3 nitrogen and oxygen atoms in total. The molecule has 0 spiro atoms. The molecule has 0 aliphatic carbocycles. The molecule has 1 fully saturated rings. The predicted octanol–water partition coefficient (Wildman–Crippen LogP) is 1.91. The van der Waals surface area contributed by atoms with Crippen molar-refractivity contribution in [1.82, 2.24) is 0 Å². The zero-order valence-electron chi connectivity index (χ0n) is 10.4. The van der Waals surface area contributed by atoms with E-state index in [1.165, 1.54) is 12.1 Å². The van der Waals surface area contributed by atoms with Crippen molar-refractivity contribution in [2.45, 2.75) is 6.18 Å². The fourth-order valence-electron chi connectivity index (χ4n) is 2.08. The number of alkyl halides is 3. The van der Waals surface area contributed by atoms with Crippen molar-refractivity contribution in [3.63, 3.8) is 0 Å². The average Bonchev–Trinajstić information content (AvgIpc) is 2.37. The lowest BCUT2D eigenvalue weighted by molar-refractivity contribution is -0.137. The number of nitrogens with zero attached hydrogens (tertiary/aromatic N) is 1. The number of nitrogens with two attached hydrogens (primary N) is 1. The Morgan fingerprint density at radius 2 is 1.90 bits per heavy atom. The number of anilines is 1. The van der Waals surface area contributed by atoms with Crippen LogP contribution in [0, 0.1) is 0 Å². The van der Waals surface area contributed by atoms with E-state index in [9.17, 15) is 17.4 Å². The highest BCUT2D eigenvalue weighted by molar-refractivity contribution is 7.85. The Kier molecular flexibility index (Phi) is 4.33. The second-order valence-electron chi connectivity index (χ2n) is 4.43. The van der Waals surface area contributed by atoms with Gasteiger partial charge in [0, 0.05) is 46.6 Å². The molecular formula is C12H13F3N2OS2. The van der Waals surface area contributed by atoms with E-state index in [2.05, 4.69) is 0 Å². The third-order valence-electron chi connectivity index (χ3n) is 3.12. The molecule has 1 aromatic carbocycles. The van der Waals surface area contributed by atoms with E-state index in [1.54, 1.807) is 0 Å². The maximum absolute atomic E-state index is 12.9. The summed E-state index contributed by atoms with van der Waals surface area (Å²) in [5.74, 6) is 1.03. The summed E-state index contributed by atoms with van der Waals surface area (Å²) in [5, 5.41) is 0. The molecule has 1 saturated heterocycles. The SMILES string of the molecule is NC(=S)c1cc(N2CCS(=O)CC2)ccc1C(F)(F)F. The number of hydrogen-bond donors (Lipinski definition) is 1. The molecule has 0 atom stereocenters. The minimum atomic E-state index is -4.49. The summed E-state index contributed by atoms with van der Waals surface area (Å²) in [7, 11) is -0.839. The van der Waals surface area contributed by atoms with Gasteiger partial charge in [0.25, 0.3) is 0 Å². The third-order valence-corrected chi connectivity index (χ3v) is 4.61. The molecule has 0 aromatic heterocycles. The molecule has 0 radical (unpaired) electrons. The number of rotatable bonds is 2. The molecular weight excluding hydrogens is 309 g/mol. The van der Waals surface area contributed by atoms with Gasteiger partial charge in [-0.05, 0) is 18.2 Å². The maximum Gasteiger partial charge on any atom is 0.417 e. The minimum Gasteiger partial charge on any atom is -0.389 e. The fraction of sp³-hybridized carbons (Fsp3) is 0.417. The average molecular weight is 322 g/mol. The van der Waals surface area contributed by atoms with Gasteiger partial charge in [-0.3, -0.25) is 4.21 Å². The Morgan fingerprint density at radius 3 is 2.40 bits per heavy atom. The molecule has 1 aliphatic heterocycles. The van der Waals surface area contributed by atoms with Crippen LogP contribution in [0.4, 0.5) is 18.9 Å². The second kappa shape index (κ2) is 5.69. The highest BCUT2D eigenvalue weighted by atomic mass is 32.2. The van der Waals surface area contributed by atoms with Crippen molar-refractivity contribution in [3.05, 3.63) is 29.3 Å². The largest absolute Gasteiger partial charge is 0.417 e. The van der Waals surface area contributed by atoms with E-state index in [1.807, 2.05) is 4.90 Å². The standard InChI is InChI=1S/C12H13F3N2OS2/c13-12(14,15)10-2-1-8(7-9(10)11(16)19)17-3-5-20(18)6-4-17/h1-2,7H,3-6H2,(H2,16,19). The quantitative estimate of drug-likeness (QED) is 0.845. The summed E-state index contributed by atoms with van der Waals surface area (Å²) in [6.07, 6.45) is -4.49. The van der Waals surface area contributed by atoms with Crippen molar-refractivity contribution >= 4 is 33.7 Å². The Balaban J connectivity index is 2.35. The van der Waals surface area contributed by atoms with Crippen molar-refractivity contribution in [2.75, 3.05) is 29.5 Å². The monoisotopic (exact) mass is 322 g/mol. The van der Waals surface area contributed by atoms with Crippen LogP contribution >= 0.6 is 12.2 Å². The molecule has 2 rings (SSSR count).